The van der Waals surface area contributed by atoms with E-state index in [1.54, 1.807) is 6.20 Å². The highest BCUT2D eigenvalue weighted by Gasteiger charge is 2.09. The van der Waals surface area contributed by atoms with Crippen LogP contribution < -0.4 is 0 Å². The Hall–Kier alpha value is -1.74. The molecular weight excluding hydrogens is 224 g/mol. The summed E-state index contributed by atoms with van der Waals surface area (Å²) in [5, 5.41) is 0.676. The fraction of sp³-hybridized carbons (Fsp3) is 0.0833. The van der Waals surface area contributed by atoms with E-state index in [0.717, 1.165) is 22.9 Å². The topological polar surface area (TPSA) is 30.4 Å². The van der Waals surface area contributed by atoms with Crippen molar-refractivity contribution in [2.45, 2.75) is 6.92 Å². The van der Waals surface area contributed by atoms with Gasteiger partial charge < -0.3 is 4.42 Å². The third-order valence-electron chi connectivity index (χ3n) is 2.45. The summed E-state index contributed by atoms with van der Waals surface area (Å²) in [6.07, 6.45) is 3.63. The molecule has 3 nitrogen and oxygen atoms in total. The van der Waals surface area contributed by atoms with Gasteiger partial charge in [0, 0.05) is 6.20 Å². The number of aryl methyl sites for hydroxylation is 1. The fourth-order valence-electron chi connectivity index (χ4n) is 1.70. The highest BCUT2D eigenvalue weighted by atomic mass is 35.5. The van der Waals surface area contributed by atoms with Crippen LogP contribution in [0, 0.1) is 6.92 Å². The van der Waals surface area contributed by atoms with Gasteiger partial charge in [-0.2, -0.15) is 0 Å². The van der Waals surface area contributed by atoms with Gasteiger partial charge in [-0.1, -0.05) is 11.6 Å². The average Bonchev–Trinajstić information content (AvgIpc) is 2.83. The summed E-state index contributed by atoms with van der Waals surface area (Å²) in [6, 6.07) is 7.59. The van der Waals surface area contributed by atoms with E-state index in [4.69, 9.17) is 16.0 Å². The fourth-order valence-corrected chi connectivity index (χ4v) is 1.86. The molecule has 0 saturated carbocycles. The molecule has 3 aromatic rings. The minimum absolute atomic E-state index is 0.676. The maximum atomic E-state index is 5.96. The monoisotopic (exact) mass is 232 g/mol. The third-order valence-corrected chi connectivity index (χ3v) is 2.68. The first kappa shape index (κ1) is 9.48. The van der Waals surface area contributed by atoms with Gasteiger partial charge in [0.2, 0.25) is 0 Å². The molecule has 0 N–H and O–H groups in total. The Morgan fingerprint density at radius 1 is 1.25 bits per heavy atom. The number of pyridine rings is 1. The Bertz CT molecular complexity index is 654. The predicted octanol–water partition coefficient (Wildman–Crippen LogP) is 3.56. The van der Waals surface area contributed by atoms with E-state index in [1.807, 2.05) is 41.8 Å². The van der Waals surface area contributed by atoms with Gasteiger partial charge in [0.15, 0.2) is 11.6 Å². The number of nitrogens with zero attached hydrogens (tertiary/aromatic N) is 2. The van der Waals surface area contributed by atoms with Gasteiger partial charge in [-0.15, -0.1) is 0 Å². The number of furan rings is 1. The Kier molecular flexibility index (Phi) is 2.01. The van der Waals surface area contributed by atoms with Gasteiger partial charge in [0.25, 0.3) is 0 Å². The third kappa shape index (κ3) is 1.41. The standard InChI is InChI=1S/C12H9ClN2O/c1-8-2-5-11(16-8)12-14-6-10-4-3-9(13)7-15(10)12/h2-7H,1H3. The van der Waals surface area contributed by atoms with Crippen LogP contribution in [-0.2, 0) is 0 Å². The van der Waals surface area contributed by atoms with Crippen LogP contribution in [0.1, 0.15) is 5.76 Å². The number of hydrogen-bond acceptors (Lipinski definition) is 2. The summed E-state index contributed by atoms with van der Waals surface area (Å²) in [6.45, 7) is 1.91. The first-order valence-electron chi connectivity index (χ1n) is 4.93. The predicted molar refractivity (Wildman–Crippen MR) is 62.6 cm³/mol. The van der Waals surface area contributed by atoms with Gasteiger partial charge in [-0.25, -0.2) is 4.98 Å². The molecule has 3 heterocycles. The van der Waals surface area contributed by atoms with E-state index < -0.39 is 0 Å². The highest BCUT2D eigenvalue weighted by Crippen LogP contribution is 2.23. The van der Waals surface area contributed by atoms with Crippen molar-refractivity contribution in [2.75, 3.05) is 0 Å². The van der Waals surface area contributed by atoms with Crippen molar-refractivity contribution < 1.29 is 4.42 Å². The van der Waals surface area contributed by atoms with Crippen LogP contribution >= 0.6 is 11.6 Å². The van der Waals surface area contributed by atoms with Crippen molar-refractivity contribution in [3.05, 3.63) is 47.4 Å². The smallest absolute Gasteiger partial charge is 0.180 e. The lowest BCUT2D eigenvalue weighted by Crippen LogP contribution is -1.87. The lowest BCUT2D eigenvalue weighted by Gasteiger charge is -1.98. The van der Waals surface area contributed by atoms with Crippen molar-refractivity contribution in [3.63, 3.8) is 0 Å². The van der Waals surface area contributed by atoms with Gasteiger partial charge in [0.05, 0.1) is 16.7 Å². The van der Waals surface area contributed by atoms with Crippen molar-refractivity contribution in [2.24, 2.45) is 0 Å². The average molecular weight is 233 g/mol. The quantitative estimate of drug-likeness (QED) is 0.642. The number of fused-ring (bicyclic) bond motifs is 1. The van der Waals surface area contributed by atoms with Gasteiger partial charge in [-0.3, -0.25) is 4.40 Å². The van der Waals surface area contributed by atoms with Gasteiger partial charge >= 0.3 is 0 Å². The van der Waals surface area contributed by atoms with Crippen molar-refractivity contribution in [1.29, 1.82) is 0 Å². The molecule has 0 spiro atoms. The molecule has 0 bridgehead atoms. The highest BCUT2D eigenvalue weighted by molar-refractivity contribution is 6.30. The van der Waals surface area contributed by atoms with Crippen LogP contribution in [0.25, 0.3) is 17.1 Å². The van der Waals surface area contributed by atoms with Crippen LogP contribution in [0.3, 0.4) is 0 Å². The molecule has 0 saturated heterocycles. The van der Waals surface area contributed by atoms with E-state index in [2.05, 4.69) is 4.98 Å². The first-order chi connectivity index (χ1) is 7.74. The maximum absolute atomic E-state index is 5.96. The van der Waals surface area contributed by atoms with Crippen LogP contribution in [0.5, 0.6) is 0 Å². The molecule has 0 fully saturated rings. The minimum atomic E-state index is 0.676. The SMILES string of the molecule is Cc1ccc(-c2ncc3ccc(Cl)cn23)o1. The lowest BCUT2D eigenvalue weighted by molar-refractivity contribution is 0.544. The molecule has 3 rings (SSSR count). The normalized spacial score (nSPS) is 11.1. The number of rotatable bonds is 1. The molecule has 4 heteroatoms. The second kappa shape index (κ2) is 3.39. The molecule has 0 unspecified atom stereocenters. The molecule has 16 heavy (non-hydrogen) atoms. The molecule has 0 aliphatic rings. The van der Waals surface area contributed by atoms with Crippen LogP contribution in [-0.4, -0.2) is 9.38 Å². The van der Waals surface area contributed by atoms with Crippen LogP contribution in [0.4, 0.5) is 0 Å². The van der Waals surface area contributed by atoms with Gasteiger partial charge in [-0.05, 0) is 31.2 Å². The zero-order valence-electron chi connectivity index (χ0n) is 8.64. The summed E-state index contributed by atoms with van der Waals surface area (Å²) in [5.41, 5.74) is 0.994. The molecule has 80 valence electrons. The lowest BCUT2D eigenvalue weighted by atomic mass is 10.4. The molecule has 0 aliphatic carbocycles. The Morgan fingerprint density at radius 3 is 2.88 bits per heavy atom. The molecule has 0 aromatic carbocycles. The first-order valence-corrected chi connectivity index (χ1v) is 5.31. The summed E-state index contributed by atoms with van der Waals surface area (Å²) in [7, 11) is 0. The van der Waals surface area contributed by atoms with E-state index in [-0.39, 0.29) is 0 Å². The second-order valence-corrected chi connectivity index (χ2v) is 4.07. The van der Waals surface area contributed by atoms with Crippen molar-refractivity contribution in [1.82, 2.24) is 9.38 Å². The Labute approximate surface area is 97.3 Å². The van der Waals surface area contributed by atoms with E-state index >= 15 is 0 Å². The van der Waals surface area contributed by atoms with Crippen molar-refractivity contribution in [3.8, 4) is 11.6 Å². The number of aromatic nitrogens is 2. The summed E-state index contributed by atoms with van der Waals surface area (Å²) in [5.74, 6) is 2.39. The zero-order valence-corrected chi connectivity index (χ0v) is 9.40. The summed E-state index contributed by atoms with van der Waals surface area (Å²) < 4.78 is 7.47. The largest absolute Gasteiger partial charge is 0.458 e. The van der Waals surface area contributed by atoms with E-state index in [9.17, 15) is 0 Å². The second-order valence-electron chi connectivity index (χ2n) is 3.63. The number of halogens is 1. The molecule has 0 amide bonds. The summed E-state index contributed by atoms with van der Waals surface area (Å²) in [4.78, 5) is 4.33. The minimum Gasteiger partial charge on any atom is -0.458 e. The molecule has 0 atom stereocenters. The molecule has 3 aromatic heterocycles. The molecule has 0 radical (unpaired) electrons. The van der Waals surface area contributed by atoms with Gasteiger partial charge in [0.1, 0.15) is 5.76 Å². The van der Waals surface area contributed by atoms with E-state index in [0.29, 0.717) is 5.02 Å². The Morgan fingerprint density at radius 2 is 2.12 bits per heavy atom. The molecule has 0 aliphatic heterocycles. The van der Waals surface area contributed by atoms with Crippen molar-refractivity contribution >= 4 is 17.1 Å². The van der Waals surface area contributed by atoms with Crippen LogP contribution in [0.15, 0.2) is 41.1 Å². The number of imidazole rings is 1. The summed E-state index contributed by atoms with van der Waals surface area (Å²) >= 11 is 5.96. The number of hydrogen-bond donors (Lipinski definition) is 0. The molecular formula is C12H9ClN2O. The van der Waals surface area contributed by atoms with E-state index in [1.165, 1.54) is 0 Å². The Balaban J connectivity index is 2.27. The van der Waals surface area contributed by atoms with Crippen LogP contribution in [0.2, 0.25) is 5.02 Å². The zero-order chi connectivity index (χ0) is 11.1. The maximum Gasteiger partial charge on any atom is 0.180 e.